The number of alkyl halides is 3. The predicted molar refractivity (Wildman–Crippen MR) is 60.3 cm³/mol. The van der Waals surface area contributed by atoms with Crippen LogP contribution in [0.2, 0.25) is 0 Å². The number of hydrogen-bond acceptors (Lipinski definition) is 3. The van der Waals surface area contributed by atoms with Crippen LogP contribution in [0.4, 0.5) is 13.2 Å². The van der Waals surface area contributed by atoms with E-state index in [-0.39, 0.29) is 5.56 Å². The van der Waals surface area contributed by atoms with E-state index >= 15 is 0 Å². The molecule has 104 valence electrons. The number of halogens is 3. The van der Waals surface area contributed by atoms with Crippen molar-refractivity contribution in [2.45, 2.75) is 31.2 Å². The number of hydrogen-bond donors (Lipinski definition) is 0. The summed E-state index contributed by atoms with van der Waals surface area (Å²) in [6.07, 6.45) is -5.20. The maximum Gasteiger partial charge on any atom is 0.416 e. The number of carbonyl (C=O) groups excluding carboxylic acids is 1. The quantitative estimate of drug-likeness (QED) is 0.777. The van der Waals surface area contributed by atoms with Gasteiger partial charge in [0.05, 0.1) is 18.8 Å². The molecule has 0 spiro atoms. The van der Waals surface area contributed by atoms with Crippen LogP contribution in [0.5, 0.6) is 0 Å². The van der Waals surface area contributed by atoms with Gasteiger partial charge in [0.15, 0.2) is 6.10 Å². The van der Waals surface area contributed by atoms with Crippen LogP contribution < -0.4 is 0 Å². The lowest BCUT2D eigenvalue weighted by Crippen LogP contribution is -2.21. The second-order valence-electron chi connectivity index (χ2n) is 4.30. The number of benzene rings is 1. The van der Waals surface area contributed by atoms with Gasteiger partial charge in [-0.3, -0.25) is 0 Å². The van der Waals surface area contributed by atoms with Crippen molar-refractivity contribution in [2.24, 2.45) is 0 Å². The van der Waals surface area contributed by atoms with Crippen molar-refractivity contribution in [3.63, 3.8) is 0 Å². The number of esters is 1. The highest BCUT2D eigenvalue weighted by Crippen LogP contribution is 2.40. The van der Waals surface area contributed by atoms with E-state index in [2.05, 4.69) is 4.74 Å². The van der Waals surface area contributed by atoms with Gasteiger partial charge in [0, 0.05) is 0 Å². The molecule has 0 aliphatic carbocycles. The third-order valence-corrected chi connectivity index (χ3v) is 3.10. The Balaban J connectivity index is 2.23. The minimum Gasteiger partial charge on any atom is -0.467 e. The fourth-order valence-corrected chi connectivity index (χ4v) is 2.21. The zero-order valence-electron chi connectivity index (χ0n) is 10.2. The van der Waals surface area contributed by atoms with E-state index in [1.54, 1.807) is 0 Å². The maximum atomic E-state index is 12.9. The summed E-state index contributed by atoms with van der Waals surface area (Å²) in [6.45, 7) is 0. The highest BCUT2D eigenvalue weighted by Gasteiger charge is 2.39. The van der Waals surface area contributed by atoms with E-state index < -0.39 is 29.9 Å². The van der Waals surface area contributed by atoms with Gasteiger partial charge in [-0.2, -0.15) is 13.2 Å². The molecule has 1 aliphatic rings. The normalized spacial score (nSPS) is 23.4. The zero-order chi connectivity index (χ0) is 14.0. The van der Waals surface area contributed by atoms with Crippen molar-refractivity contribution in [3.8, 4) is 0 Å². The second-order valence-corrected chi connectivity index (χ2v) is 4.30. The molecule has 0 N–H and O–H groups in total. The van der Waals surface area contributed by atoms with E-state index in [4.69, 9.17) is 4.74 Å². The third kappa shape index (κ3) is 2.89. The average Bonchev–Trinajstić information content (AvgIpc) is 2.86. The van der Waals surface area contributed by atoms with Gasteiger partial charge in [-0.1, -0.05) is 18.2 Å². The summed E-state index contributed by atoms with van der Waals surface area (Å²) in [7, 11) is 1.22. The molecule has 1 fully saturated rings. The van der Waals surface area contributed by atoms with Crippen molar-refractivity contribution in [3.05, 3.63) is 35.4 Å². The largest absolute Gasteiger partial charge is 0.467 e. The Morgan fingerprint density at radius 3 is 2.63 bits per heavy atom. The lowest BCUT2D eigenvalue weighted by atomic mass is 10.00. The molecule has 1 heterocycles. The topological polar surface area (TPSA) is 35.5 Å². The van der Waals surface area contributed by atoms with E-state index in [0.717, 1.165) is 6.07 Å². The highest BCUT2D eigenvalue weighted by molar-refractivity contribution is 5.74. The first-order valence-electron chi connectivity index (χ1n) is 5.83. The summed E-state index contributed by atoms with van der Waals surface area (Å²) in [6, 6.07) is 5.26. The molecule has 1 aromatic rings. The van der Waals surface area contributed by atoms with Crippen LogP contribution in [-0.2, 0) is 20.4 Å². The third-order valence-electron chi connectivity index (χ3n) is 3.10. The van der Waals surface area contributed by atoms with Crippen LogP contribution in [0.15, 0.2) is 24.3 Å². The summed E-state index contributed by atoms with van der Waals surface area (Å²) in [5.41, 5.74) is -0.646. The Kier molecular flexibility index (Phi) is 3.80. The summed E-state index contributed by atoms with van der Waals surface area (Å²) in [4.78, 5) is 11.3. The van der Waals surface area contributed by atoms with E-state index in [0.29, 0.717) is 12.8 Å². The standard InChI is InChI=1S/C13H13F3O3/c1-18-12(17)11-7-6-10(19-11)8-4-2-3-5-9(8)13(14,15)16/h2-5,10-11H,6-7H2,1H3/t10-,11+/m0/s1. The van der Waals surface area contributed by atoms with E-state index in [1.807, 2.05) is 0 Å². The van der Waals surface area contributed by atoms with E-state index in [9.17, 15) is 18.0 Å². The van der Waals surface area contributed by atoms with Crippen molar-refractivity contribution in [1.29, 1.82) is 0 Å². The number of ether oxygens (including phenoxy) is 2. The van der Waals surface area contributed by atoms with Gasteiger partial charge in [-0.25, -0.2) is 4.79 Å². The highest BCUT2D eigenvalue weighted by atomic mass is 19.4. The van der Waals surface area contributed by atoms with Crippen LogP contribution >= 0.6 is 0 Å². The summed E-state index contributed by atoms with van der Waals surface area (Å²) in [5.74, 6) is -0.549. The van der Waals surface area contributed by atoms with Crippen molar-refractivity contribution >= 4 is 5.97 Å². The molecular formula is C13H13F3O3. The van der Waals surface area contributed by atoms with Gasteiger partial charge >= 0.3 is 12.1 Å². The maximum absolute atomic E-state index is 12.9. The first-order valence-corrected chi connectivity index (χ1v) is 5.83. The van der Waals surface area contributed by atoms with Crippen LogP contribution in [0.3, 0.4) is 0 Å². The van der Waals surface area contributed by atoms with Gasteiger partial charge in [0.25, 0.3) is 0 Å². The Labute approximate surface area is 108 Å². The monoisotopic (exact) mass is 274 g/mol. The molecule has 0 bridgehead atoms. The molecule has 0 radical (unpaired) electrons. The number of carbonyl (C=O) groups is 1. The van der Waals surface area contributed by atoms with Crippen LogP contribution in [-0.4, -0.2) is 19.2 Å². The fourth-order valence-electron chi connectivity index (χ4n) is 2.21. The molecule has 2 rings (SSSR count). The van der Waals surface area contributed by atoms with Crippen molar-refractivity contribution in [1.82, 2.24) is 0 Å². The smallest absolute Gasteiger partial charge is 0.416 e. The summed E-state index contributed by atoms with van der Waals surface area (Å²) < 4.78 is 48.5. The Bertz CT molecular complexity index is 470. The molecule has 0 amide bonds. The summed E-state index contributed by atoms with van der Waals surface area (Å²) in [5, 5.41) is 0. The van der Waals surface area contributed by atoms with E-state index in [1.165, 1.54) is 25.3 Å². The molecule has 3 nitrogen and oxygen atoms in total. The minimum absolute atomic E-state index is 0.0707. The lowest BCUT2D eigenvalue weighted by Gasteiger charge is -2.18. The van der Waals surface area contributed by atoms with Crippen LogP contribution in [0.25, 0.3) is 0 Å². The molecule has 1 saturated heterocycles. The molecule has 0 unspecified atom stereocenters. The zero-order valence-corrected chi connectivity index (χ0v) is 10.2. The Morgan fingerprint density at radius 1 is 1.32 bits per heavy atom. The molecule has 2 atom stereocenters. The van der Waals surface area contributed by atoms with Crippen molar-refractivity contribution in [2.75, 3.05) is 7.11 Å². The van der Waals surface area contributed by atoms with Gasteiger partial charge in [-0.15, -0.1) is 0 Å². The second kappa shape index (κ2) is 5.21. The number of rotatable bonds is 2. The molecule has 1 aliphatic heterocycles. The van der Waals surface area contributed by atoms with Crippen LogP contribution in [0.1, 0.15) is 30.1 Å². The average molecular weight is 274 g/mol. The van der Waals surface area contributed by atoms with Gasteiger partial charge in [-0.05, 0) is 24.5 Å². The molecule has 0 aromatic heterocycles. The molecule has 0 saturated carbocycles. The minimum atomic E-state index is -4.43. The molecular weight excluding hydrogens is 261 g/mol. The Morgan fingerprint density at radius 2 is 2.00 bits per heavy atom. The van der Waals surface area contributed by atoms with Crippen molar-refractivity contribution < 1.29 is 27.4 Å². The molecule has 1 aromatic carbocycles. The van der Waals surface area contributed by atoms with Gasteiger partial charge in [0.2, 0.25) is 0 Å². The molecule has 6 heteroatoms. The number of methoxy groups -OCH3 is 1. The first-order chi connectivity index (χ1) is 8.93. The summed E-state index contributed by atoms with van der Waals surface area (Å²) >= 11 is 0. The SMILES string of the molecule is COC(=O)[C@H]1CC[C@@H](c2ccccc2C(F)(F)F)O1. The first kappa shape index (κ1) is 13.9. The predicted octanol–water partition coefficient (Wildman–Crippen LogP) is 3.10. The lowest BCUT2D eigenvalue weighted by molar-refractivity contribution is -0.153. The van der Waals surface area contributed by atoms with Gasteiger partial charge < -0.3 is 9.47 Å². The van der Waals surface area contributed by atoms with Gasteiger partial charge in [0.1, 0.15) is 0 Å². The molecule has 19 heavy (non-hydrogen) atoms. The fraction of sp³-hybridized carbons (Fsp3) is 0.462. The van der Waals surface area contributed by atoms with Crippen LogP contribution in [0, 0.1) is 0 Å². The Hall–Kier alpha value is -1.56.